The van der Waals surface area contributed by atoms with Gasteiger partial charge in [0, 0.05) is 28.0 Å². The van der Waals surface area contributed by atoms with Gasteiger partial charge in [0.05, 0.1) is 4.88 Å². The van der Waals surface area contributed by atoms with Crippen LogP contribution in [0.3, 0.4) is 0 Å². The maximum absolute atomic E-state index is 12.6. The number of carbonyl (C=O) groups is 1. The third-order valence-corrected chi connectivity index (χ3v) is 6.39. The fourth-order valence-electron chi connectivity index (χ4n) is 3.63. The van der Waals surface area contributed by atoms with E-state index in [1.807, 2.05) is 36.4 Å². The molecule has 4 heterocycles. The van der Waals surface area contributed by atoms with E-state index in [0.29, 0.717) is 12.0 Å². The Morgan fingerprint density at radius 2 is 1.96 bits per heavy atom. The first kappa shape index (κ1) is 15.2. The summed E-state index contributed by atoms with van der Waals surface area (Å²) in [4.78, 5) is 16.8. The fourth-order valence-corrected chi connectivity index (χ4v) is 4.88. The Kier molecular flexibility index (Phi) is 4.14. The van der Waals surface area contributed by atoms with Gasteiger partial charge in [0.25, 0.3) is 5.91 Å². The maximum atomic E-state index is 12.6. The highest BCUT2D eigenvalue weighted by Crippen LogP contribution is 2.33. The largest absolute Gasteiger partial charge is 0.347 e. The lowest BCUT2D eigenvalue weighted by molar-refractivity contribution is 0.0622. The zero-order valence-corrected chi connectivity index (χ0v) is 14.4. The number of nitrogens with one attached hydrogen (secondary N) is 1. The van der Waals surface area contributed by atoms with Crippen LogP contribution in [0, 0.1) is 5.92 Å². The van der Waals surface area contributed by atoms with Crippen LogP contribution in [0.1, 0.15) is 22.5 Å². The summed E-state index contributed by atoms with van der Waals surface area (Å²) in [5, 5.41) is 3.96. The van der Waals surface area contributed by atoms with Crippen LogP contribution in [0.5, 0.6) is 0 Å². The normalized spacial score (nSPS) is 26.2. The molecule has 2 bridgehead atoms. The van der Waals surface area contributed by atoms with Crippen LogP contribution in [0.2, 0.25) is 5.02 Å². The minimum absolute atomic E-state index is 0.0482. The van der Waals surface area contributed by atoms with Crippen molar-refractivity contribution in [2.24, 2.45) is 5.92 Å². The number of benzene rings is 1. The minimum Gasteiger partial charge on any atom is -0.347 e. The van der Waals surface area contributed by atoms with Gasteiger partial charge in [-0.05, 0) is 50.0 Å². The minimum atomic E-state index is 0.0482. The average Bonchev–Trinajstić information content (AvgIpc) is 3.06. The molecule has 5 rings (SSSR count). The summed E-state index contributed by atoms with van der Waals surface area (Å²) in [6.45, 7) is 3.37. The maximum Gasteiger partial charge on any atom is 0.261 e. The third kappa shape index (κ3) is 3.03. The lowest BCUT2D eigenvalue weighted by Crippen LogP contribution is -2.57. The number of thiophene rings is 1. The van der Waals surface area contributed by atoms with E-state index in [0.717, 1.165) is 26.9 Å². The first-order valence-electron chi connectivity index (χ1n) is 8.08. The second-order valence-electron chi connectivity index (χ2n) is 6.36. The molecule has 3 nitrogen and oxygen atoms in total. The van der Waals surface area contributed by atoms with Crippen LogP contribution in [0.25, 0.3) is 10.4 Å². The molecule has 1 amide bonds. The smallest absolute Gasteiger partial charge is 0.261 e. The Hall–Kier alpha value is -1.36. The number of halogens is 1. The lowest BCUT2D eigenvalue weighted by atomic mass is 9.84. The van der Waals surface area contributed by atoms with Gasteiger partial charge >= 0.3 is 0 Å². The summed E-state index contributed by atoms with van der Waals surface area (Å²) in [6, 6.07) is 11.9. The molecule has 23 heavy (non-hydrogen) atoms. The highest BCUT2D eigenvalue weighted by molar-refractivity contribution is 7.17. The molecule has 3 aliphatic heterocycles. The number of piperidine rings is 3. The third-order valence-electron chi connectivity index (χ3n) is 4.94. The molecule has 1 N–H and O–H groups in total. The quantitative estimate of drug-likeness (QED) is 0.914. The highest BCUT2D eigenvalue weighted by Gasteiger charge is 2.35. The van der Waals surface area contributed by atoms with Crippen molar-refractivity contribution < 1.29 is 4.79 Å². The van der Waals surface area contributed by atoms with Crippen LogP contribution >= 0.6 is 22.9 Å². The molecule has 0 saturated carbocycles. The summed E-state index contributed by atoms with van der Waals surface area (Å²) in [5.41, 5.74) is 0.987. The van der Waals surface area contributed by atoms with Crippen molar-refractivity contribution in [3.05, 3.63) is 46.3 Å². The second kappa shape index (κ2) is 6.27. The lowest BCUT2D eigenvalue weighted by Gasteiger charge is -2.44. The van der Waals surface area contributed by atoms with Crippen molar-refractivity contribution in [3.63, 3.8) is 0 Å². The number of carbonyl (C=O) groups excluding carboxylic acids is 1. The number of fused-ring (bicyclic) bond motifs is 3. The first-order valence-corrected chi connectivity index (χ1v) is 9.28. The molecule has 1 atom stereocenters. The first-order chi connectivity index (χ1) is 11.2. The average molecular weight is 347 g/mol. The van der Waals surface area contributed by atoms with Crippen LogP contribution in [-0.2, 0) is 0 Å². The van der Waals surface area contributed by atoms with Crippen molar-refractivity contribution in [3.8, 4) is 10.4 Å². The van der Waals surface area contributed by atoms with Gasteiger partial charge in [-0.3, -0.25) is 4.79 Å². The molecule has 5 heteroatoms. The van der Waals surface area contributed by atoms with Gasteiger partial charge in [0.15, 0.2) is 0 Å². The number of hydrogen-bond acceptors (Lipinski definition) is 3. The molecule has 0 aliphatic carbocycles. The summed E-state index contributed by atoms with van der Waals surface area (Å²) >= 11 is 7.75. The zero-order chi connectivity index (χ0) is 15.8. The molecule has 3 aliphatic rings. The standard InChI is InChI=1S/C18H19ClN2OS/c19-14-4-2-1-3-13(14)16-5-6-17(23-16)18(22)20-15-11-21-9-7-12(15)8-10-21/h1-6,12,15H,7-11H2,(H,20,22). The van der Waals surface area contributed by atoms with Gasteiger partial charge in [0.2, 0.25) is 0 Å². The molecule has 3 saturated heterocycles. The predicted octanol–water partition coefficient (Wildman–Crippen LogP) is 3.89. The van der Waals surface area contributed by atoms with E-state index in [1.54, 1.807) is 0 Å². The van der Waals surface area contributed by atoms with Crippen molar-refractivity contribution in [1.82, 2.24) is 10.2 Å². The molecule has 0 spiro atoms. The second-order valence-corrected chi connectivity index (χ2v) is 7.85. The highest BCUT2D eigenvalue weighted by atomic mass is 35.5. The van der Waals surface area contributed by atoms with Gasteiger partial charge in [-0.1, -0.05) is 29.8 Å². The Bertz CT molecular complexity index is 721. The van der Waals surface area contributed by atoms with Gasteiger partial charge < -0.3 is 10.2 Å². The van der Waals surface area contributed by atoms with E-state index in [1.165, 1.54) is 37.3 Å². The Morgan fingerprint density at radius 1 is 1.17 bits per heavy atom. The van der Waals surface area contributed by atoms with Gasteiger partial charge in [-0.15, -0.1) is 11.3 Å². The Balaban J connectivity index is 1.48. The van der Waals surface area contributed by atoms with E-state index in [4.69, 9.17) is 11.6 Å². The van der Waals surface area contributed by atoms with Crippen LogP contribution in [0.15, 0.2) is 36.4 Å². The number of hydrogen-bond donors (Lipinski definition) is 1. The predicted molar refractivity (Wildman–Crippen MR) is 95.2 cm³/mol. The monoisotopic (exact) mass is 346 g/mol. The van der Waals surface area contributed by atoms with Crippen LogP contribution in [0.4, 0.5) is 0 Å². The summed E-state index contributed by atoms with van der Waals surface area (Å²) < 4.78 is 0. The van der Waals surface area contributed by atoms with E-state index < -0.39 is 0 Å². The number of amides is 1. The fraction of sp³-hybridized carbons (Fsp3) is 0.389. The molecule has 2 aromatic rings. The molecule has 3 fully saturated rings. The SMILES string of the molecule is O=C(NC1CN2CCC1CC2)c1ccc(-c2ccccc2Cl)s1. The van der Waals surface area contributed by atoms with Crippen molar-refractivity contribution in [2.45, 2.75) is 18.9 Å². The number of rotatable bonds is 3. The van der Waals surface area contributed by atoms with E-state index >= 15 is 0 Å². The molecule has 1 aromatic heterocycles. The van der Waals surface area contributed by atoms with Gasteiger partial charge in [0.1, 0.15) is 0 Å². The van der Waals surface area contributed by atoms with Gasteiger partial charge in [-0.2, -0.15) is 0 Å². The molecular weight excluding hydrogens is 328 g/mol. The summed E-state index contributed by atoms with van der Waals surface area (Å²) in [7, 11) is 0. The van der Waals surface area contributed by atoms with Crippen molar-refractivity contribution >= 4 is 28.8 Å². The van der Waals surface area contributed by atoms with Crippen LogP contribution < -0.4 is 5.32 Å². The molecule has 120 valence electrons. The van der Waals surface area contributed by atoms with E-state index in [2.05, 4.69) is 10.2 Å². The molecule has 1 unspecified atom stereocenters. The zero-order valence-electron chi connectivity index (χ0n) is 12.8. The van der Waals surface area contributed by atoms with E-state index in [-0.39, 0.29) is 5.91 Å². The molecule has 1 aromatic carbocycles. The van der Waals surface area contributed by atoms with Gasteiger partial charge in [-0.25, -0.2) is 0 Å². The van der Waals surface area contributed by atoms with Crippen molar-refractivity contribution in [2.75, 3.05) is 19.6 Å². The topological polar surface area (TPSA) is 32.3 Å². The number of nitrogens with zero attached hydrogens (tertiary/aromatic N) is 1. The Labute approximate surface area is 145 Å². The van der Waals surface area contributed by atoms with Crippen LogP contribution in [-0.4, -0.2) is 36.5 Å². The van der Waals surface area contributed by atoms with Crippen molar-refractivity contribution in [1.29, 1.82) is 0 Å². The Morgan fingerprint density at radius 3 is 2.65 bits per heavy atom. The summed E-state index contributed by atoms with van der Waals surface area (Å²) in [5.74, 6) is 0.694. The molecular formula is C18H19ClN2OS. The van der Waals surface area contributed by atoms with E-state index in [9.17, 15) is 4.79 Å². The summed E-state index contributed by atoms with van der Waals surface area (Å²) in [6.07, 6.45) is 2.42. The molecule has 0 radical (unpaired) electrons.